The number of anilines is 3. The lowest BCUT2D eigenvalue weighted by atomic mass is 10.0. The van der Waals surface area contributed by atoms with Crippen LogP contribution in [0.5, 0.6) is 0 Å². The Hall–Kier alpha value is -3.46. The van der Waals surface area contributed by atoms with Crippen molar-refractivity contribution >= 4 is 35.0 Å². The second-order valence-corrected chi connectivity index (χ2v) is 7.53. The normalized spacial score (nSPS) is 15.2. The summed E-state index contributed by atoms with van der Waals surface area (Å²) in [6.45, 7) is 4.64. The highest BCUT2D eigenvalue weighted by atomic mass is 16.4. The van der Waals surface area contributed by atoms with Gasteiger partial charge in [0.1, 0.15) is 5.82 Å². The fraction of sp³-hybridized carbons (Fsp3) is 0.364. The maximum Gasteiger partial charge on any atom is 0.308 e. The zero-order valence-corrected chi connectivity index (χ0v) is 17.5. The number of piperazine rings is 1. The van der Waals surface area contributed by atoms with Crippen LogP contribution in [0.3, 0.4) is 0 Å². The van der Waals surface area contributed by atoms with Crippen molar-refractivity contribution in [2.45, 2.75) is 13.3 Å². The summed E-state index contributed by atoms with van der Waals surface area (Å²) in [6.07, 6.45) is 1.63. The summed E-state index contributed by atoms with van der Waals surface area (Å²) in [4.78, 5) is 44.0. The van der Waals surface area contributed by atoms with E-state index in [4.69, 9.17) is 0 Å². The molecule has 0 aliphatic carbocycles. The van der Waals surface area contributed by atoms with Crippen LogP contribution >= 0.6 is 0 Å². The van der Waals surface area contributed by atoms with Gasteiger partial charge in [-0.15, -0.1) is 0 Å². The SMILES string of the molecule is CC(=O)Nc1cccc(NC(=O)CC(CN2CCN(c3ccccn3)CC2)C(=O)O)c1. The van der Waals surface area contributed by atoms with E-state index in [1.54, 1.807) is 30.5 Å². The van der Waals surface area contributed by atoms with E-state index < -0.39 is 11.9 Å². The molecule has 1 saturated heterocycles. The van der Waals surface area contributed by atoms with Crippen molar-refractivity contribution < 1.29 is 19.5 Å². The number of benzene rings is 1. The minimum absolute atomic E-state index is 0.125. The van der Waals surface area contributed by atoms with Crippen molar-refractivity contribution in [2.24, 2.45) is 5.92 Å². The van der Waals surface area contributed by atoms with Crippen LogP contribution in [0.4, 0.5) is 17.2 Å². The number of aliphatic carboxylic acids is 1. The van der Waals surface area contributed by atoms with Gasteiger partial charge in [-0.3, -0.25) is 19.3 Å². The van der Waals surface area contributed by atoms with Gasteiger partial charge in [0.2, 0.25) is 11.8 Å². The summed E-state index contributed by atoms with van der Waals surface area (Å²) in [5.74, 6) is -1.47. The van der Waals surface area contributed by atoms with Crippen LogP contribution in [0.1, 0.15) is 13.3 Å². The molecule has 1 unspecified atom stereocenters. The molecule has 3 rings (SSSR count). The van der Waals surface area contributed by atoms with Gasteiger partial charge in [-0.25, -0.2) is 4.98 Å². The second kappa shape index (κ2) is 10.5. The summed E-state index contributed by atoms with van der Waals surface area (Å²) in [7, 11) is 0. The second-order valence-electron chi connectivity index (χ2n) is 7.53. The van der Waals surface area contributed by atoms with Crippen molar-refractivity contribution in [3.8, 4) is 0 Å². The Balaban J connectivity index is 1.51. The predicted octanol–water partition coefficient (Wildman–Crippen LogP) is 1.89. The smallest absolute Gasteiger partial charge is 0.308 e. The van der Waals surface area contributed by atoms with E-state index in [2.05, 4.69) is 25.4 Å². The lowest BCUT2D eigenvalue weighted by Crippen LogP contribution is -2.49. The third-order valence-electron chi connectivity index (χ3n) is 5.07. The zero-order valence-electron chi connectivity index (χ0n) is 17.5. The third-order valence-corrected chi connectivity index (χ3v) is 5.07. The van der Waals surface area contributed by atoms with Crippen LogP contribution in [0.25, 0.3) is 0 Å². The number of nitrogens with zero attached hydrogens (tertiary/aromatic N) is 3. The van der Waals surface area contributed by atoms with Crippen molar-refractivity contribution in [1.82, 2.24) is 9.88 Å². The summed E-state index contributed by atoms with van der Waals surface area (Å²) in [5, 5.41) is 15.0. The number of carbonyl (C=O) groups is 3. The van der Waals surface area contributed by atoms with E-state index in [1.807, 2.05) is 18.2 Å². The minimum Gasteiger partial charge on any atom is -0.481 e. The molecular weight excluding hydrogens is 398 g/mol. The molecule has 3 N–H and O–H groups in total. The molecule has 2 aromatic rings. The van der Waals surface area contributed by atoms with Gasteiger partial charge in [0.05, 0.1) is 5.92 Å². The molecule has 1 aromatic heterocycles. The van der Waals surface area contributed by atoms with Crippen LogP contribution in [0.15, 0.2) is 48.7 Å². The van der Waals surface area contributed by atoms with E-state index in [1.165, 1.54) is 6.92 Å². The molecule has 0 spiro atoms. The molecule has 1 aliphatic rings. The standard InChI is InChI=1S/C22H27N5O4/c1-16(28)24-18-5-4-6-19(14-18)25-21(29)13-17(22(30)31)15-26-9-11-27(12-10-26)20-7-2-3-8-23-20/h2-8,14,17H,9-13,15H2,1H3,(H,24,28)(H,25,29)(H,30,31). The molecule has 1 atom stereocenters. The van der Waals surface area contributed by atoms with E-state index in [-0.39, 0.29) is 18.2 Å². The first-order valence-corrected chi connectivity index (χ1v) is 10.2. The van der Waals surface area contributed by atoms with Gasteiger partial charge in [-0.2, -0.15) is 0 Å². The van der Waals surface area contributed by atoms with E-state index in [9.17, 15) is 19.5 Å². The van der Waals surface area contributed by atoms with Crippen LogP contribution in [0, 0.1) is 5.92 Å². The largest absolute Gasteiger partial charge is 0.481 e. The van der Waals surface area contributed by atoms with Gasteiger partial charge in [0.25, 0.3) is 0 Å². The molecule has 1 aliphatic heterocycles. The molecule has 2 amide bonds. The molecule has 164 valence electrons. The first-order chi connectivity index (χ1) is 14.9. The quantitative estimate of drug-likeness (QED) is 0.592. The number of aromatic nitrogens is 1. The van der Waals surface area contributed by atoms with E-state index in [0.717, 1.165) is 18.9 Å². The number of hydrogen-bond donors (Lipinski definition) is 3. The van der Waals surface area contributed by atoms with Gasteiger partial charge in [0.15, 0.2) is 0 Å². The number of carboxylic acid groups (broad SMARTS) is 1. The first kappa shape index (κ1) is 22.2. The Kier molecular flexibility index (Phi) is 7.55. The number of amides is 2. The minimum atomic E-state index is -0.991. The summed E-state index contributed by atoms with van der Waals surface area (Å²) >= 11 is 0. The molecular formula is C22H27N5O4. The Bertz CT molecular complexity index is 913. The Morgan fingerprint density at radius 3 is 2.35 bits per heavy atom. The van der Waals surface area contributed by atoms with Crippen LogP contribution in [0.2, 0.25) is 0 Å². The van der Waals surface area contributed by atoms with Crippen molar-refractivity contribution in [1.29, 1.82) is 0 Å². The number of rotatable bonds is 8. The van der Waals surface area contributed by atoms with Gasteiger partial charge in [0, 0.05) is 63.6 Å². The number of carboxylic acids is 1. The average Bonchev–Trinajstić information content (AvgIpc) is 2.74. The van der Waals surface area contributed by atoms with Gasteiger partial charge in [-0.05, 0) is 30.3 Å². The van der Waals surface area contributed by atoms with Crippen molar-refractivity contribution in [2.75, 3.05) is 48.3 Å². The van der Waals surface area contributed by atoms with Crippen LogP contribution in [-0.4, -0.2) is 65.5 Å². The number of nitrogens with one attached hydrogen (secondary N) is 2. The van der Waals surface area contributed by atoms with Crippen molar-refractivity contribution in [3.05, 3.63) is 48.7 Å². The lowest BCUT2D eigenvalue weighted by Gasteiger charge is -2.36. The highest BCUT2D eigenvalue weighted by Gasteiger charge is 2.26. The van der Waals surface area contributed by atoms with Crippen molar-refractivity contribution in [3.63, 3.8) is 0 Å². The Labute approximate surface area is 181 Å². The molecule has 0 radical (unpaired) electrons. The fourth-order valence-corrected chi connectivity index (χ4v) is 3.56. The summed E-state index contributed by atoms with van der Waals surface area (Å²) in [6, 6.07) is 12.5. The number of carbonyl (C=O) groups excluding carboxylic acids is 2. The number of pyridine rings is 1. The Morgan fingerprint density at radius 2 is 1.74 bits per heavy atom. The van der Waals surface area contributed by atoms with E-state index >= 15 is 0 Å². The molecule has 2 heterocycles. The molecule has 1 fully saturated rings. The molecule has 1 aromatic carbocycles. The topological polar surface area (TPSA) is 115 Å². The van der Waals surface area contributed by atoms with Gasteiger partial charge >= 0.3 is 5.97 Å². The monoisotopic (exact) mass is 425 g/mol. The average molecular weight is 425 g/mol. The highest BCUT2D eigenvalue weighted by Crippen LogP contribution is 2.18. The van der Waals surface area contributed by atoms with Crippen LogP contribution in [-0.2, 0) is 14.4 Å². The zero-order chi connectivity index (χ0) is 22.2. The fourth-order valence-electron chi connectivity index (χ4n) is 3.56. The molecule has 9 nitrogen and oxygen atoms in total. The van der Waals surface area contributed by atoms with E-state index in [0.29, 0.717) is 31.0 Å². The molecule has 0 bridgehead atoms. The van der Waals surface area contributed by atoms with Gasteiger partial charge < -0.3 is 20.6 Å². The maximum absolute atomic E-state index is 12.4. The Morgan fingerprint density at radius 1 is 1.03 bits per heavy atom. The van der Waals surface area contributed by atoms with Crippen LogP contribution < -0.4 is 15.5 Å². The first-order valence-electron chi connectivity index (χ1n) is 10.2. The highest BCUT2D eigenvalue weighted by molar-refractivity contribution is 5.94. The predicted molar refractivity (Wildman–Crippen MR) is 118 cm³/mol. The summed E-state index contributed by atoms with van der Waals surface area (Å²) < 4.78 is 0. The molecule has 31 heavy (non-hydrogen) atoms. The molecule has 0 saturated carbocycles. The van der Waals surface area contributed by atoms with Gasteiger partial charge in [-0.1, -0.05) is 12.1 Å². The number of hydrogen-bond acceptors (Lipinski definition) is 6. The molecule has 9 heteroatoms. The maximum atomic E-state index is 12.4. The summed E-state index contributed by atoms with van der Waals surface area (Å²) in [5.41, 5.74) is 1.07. The third kappa shape index (κ3) is 6.78. The lowest BCUT2D eigenvalue weighted by molar-refractivity contribution is -0.144.